The molecule has 0 saturated heterocycles. The van der Waals surface area contributed by atoms with E-state index < -0.39 is 0 Å². The van der Waals surface area contributed by atoms with E-state index in [2.05, 4.69) is 34.2 Å². The largest absolute Gasteiger partial charge is 0.369 e. The molecule has 0 atom stereocenters. The minimum atomic E-state index is 0.585. The molecule has 0 radical (unpaired) electrons. The Labute approximate surface area is 94.9 Å². The van der Waals surface area contributed by atoms with E-state index in [0.717, 1.165) is 29.1 Å². The highest BCUT2D eigenvalue weighted by atomic mass is 15.3. The zero-order chi connectivity index (χ0) is 11.7. The highest BCUT2D eigenvalue weighted by Crippen LogP contribution is 2.21. The van der Waals surface area contributed by atoms with Crippen LogP contribution in [-0.2, 0) is 7.05 Å². The van der Waals surface area contributed by atoms with Crippen molar-refractivity contribution in [2.45, 2.75) is 20.8 Å². The molecular formula is C11H17N5. The highest BCUT2D eigenvalue weighted by molar-refractivity contribution is 5.88. The average molecular weight is 219 g/mol. The number of nitrogens with one attached hydrogen (secondary N) is 1. The lowest BCUT2D eigenvalue weighted by molar-refractivity contribution is 0.687. The predicted octanol–water partition coefficient (Wildman–Crippen LogP) is 1.74. The van der Waals surface area contributed by atoms with Crippen LogP contribution in [0.2, 0.25) is 0 Å². The number of hydrogen-bond acceptors (Lipinski definition) is 4. The summed E-state index contributed by atoms with van der Waals surface area (Å²) in [5.74, 6) is 1.46. The summed E-state index contributed by atoms with van der Waals surface area (Å²) in [6, 6.07) is 0. The van der Waals surface area contributed by atoms with Crippen molar-refractivity contribution in [1.29, 1.82) is 0 Å². The Balaban J connectivity index is 2.45. The second-order valence-corrected chi connectivity index (χ2v) is 4.40. The van der Waals surface area contributed by atoms with Gasteiger partial charge >= 0.3 is 0 Å². The fourth-order valence-corrected chi connectivity index (χ4v) is 1.71. The molecule has 2 heterocycles. The Bertz CT molecular complexity index is 500. The van der Waals surface area contributed by atoms with Crippen LogP contribution in [-0.4, -0.2) is 26.3 Å². The summed E-state index contributed by atoms with van der Waals surface area (Å²) >= 11 is 0. The normalized spacial score (nSPS) is 11.3. The maximum atomic E-state index is 4.35. The van der Waals surface area contributed by atoms with E-state index in [0.29, 0.717) is 5.92 Å². The molecule has 0 unspecified atom stereocenters. The zero-order valence-electron chi connectivity index (χ0n) is 10.2. The van der Waals surface area contributed by atoms with Gasteiger partial charge in [0, 0.05) is 13.6 Å². The van der Waals surface area contributed by atoms with Crippen LogP contribution in [0.1, 0.15) is 19.5 Å². The van der Waals surface area contributed by atoms with E-state index in [9.17, 15) is 0 Å². The minimum absolute atomic E-state index is 0.585. The molecule has 0 aliphatic carbocycles. The second-order valence-electron chi connectivity index (χ2n) is 4.40. The predicted molar refractivity (Wildman–Crippen MR) is 64.4 cm³/mol. The molecule has 16 heavy (non-hydrogen) atoms. The molecule has 0 aliphatic rings. The molecule has 5 nitrogen and oxygen atoms in total. The monoisotopic (exact) mass is 219 g/mol. The zero-order valence-corrected chi connectivity index (χ0v) is 10.2. The SMILES string of the molecule is Cc1nn(C)c2ncnc(NCC(C)C)c12. The maximum Gasteiger partial charge on any atom is 0.163 e. The Morgan fingerprint density at radius 2 is 2.12 bits per heavy atom. The van der Waals surface area contributed by atoms with Crippen LogP contribution in [0, 0.1) is 12.8 Å². The smallest absolute Gasteiger partial charge is 0.163 e. The second kappa shape index (κ2) is 4.08. The summed E-state index contributed by atoms with van der Waals surface area (Å²) in [6.45, 7) is 7.22. The lowest BCUT2D eigenvalue weighted by Crippen LogP contribution is -2.09. The van der Waals surface area contributed by atoms with E-state index in [1.54, 1.807) is 11.0 Å². The topological polar surface area (TPSA) is 55.6 Å². The van der Waals surface area contributed by atoms with Gasteiger partial charge < -0.3 is 5.32 Å². The van der Waals surface area contributed by atoms with Gasteiger partial charge in [0.2, 0.25) is 0 Å². The summed E-state index contributed by atoms with van der Waals surface area (Å²) in [5.41, 5.74) is 1.84. The number of fused-ring (bicyclic) bond motifs is 1. The van der Waals surface area contributed by atoms with Gasteiger partial charge in [0.15, 0.2) is 5.65 Å². The summed E-state index contributed by atoms with van der Waals surface area (Å²) in [7, 11) is 1.90. The van der Waals surface area contributed by atoms with Crippen molar-refractivity contribution in [3.63, 3.8) is 0 Å². The van der Waals surface area contributed by atoms with E-state index >= 15 is 0 Å². The first kappa shape index (κ1) is 10.9. The molecule has 0 aromatic carbocycles. The van der Waals surface area contributed by atoms with Crippen LogP contribution in [0.4, 0.5) is 5.82 Å². The molecule has 2 rings (SSSR count). The summed E-state index contributed by atoms with van der Waals surface area (Å²) < 4.78 is 1.78. The average Bonchev–Trinajstić information content (AvgIpc) is 2.52. The number of nitrogens with zero attached hydrogens (tertiary/aromatic N) is 4. The van der Waals surface area contributed by atoms with Crippen LogP contribution in [0.25, 0.3) is 11.0 Å². The van der Waals surface area contributed by atoms with Crippen LogP contribution < -0.4 is 5.32 Å². The van der Waals surface area contributed by atoms with Gasteiger partial charge in [-0.3, -0.25) is 4.68 Å². The van der Waals surface area contributed by atoms with Crippen LogP contribution in [0.15, 0.2) is 6.33 Å². The number of anilines is 1. The first-order chi connectivity index (χ1) is 7.59. The van der Waals surface area contributed by atoms with Gasteiger partial charge in [-0.2, -0.15) is 5.10 Å². The van der Waals surface area contributed by atoms with Crippen molar-refractivity contribution in [3.05, 3.63) is 12.0 Å². The van der Waals surface area contributed by atoms with E-state index in [4.69, 9.17) is 0 Å². The lowest BCUT2D eigenvalue weighted by Gasteiger charge is -2.08. The standard InChI is InChI=1S/C11H17N5/c1-7(2)5-12-10-9-8(3)15-16(4)11(9)14-6-13-10/h6-7H,5H2,1-4H3,(H,12,13,14). The van der Waals surface area contributed by atoms with Gasteiger partial charge in [0.25, 0.3) is 0 Å². The van der Waals surface area contributed by atoms with Crippen LogP contribution in [0.3, 0.4) is 0 Å². The fraction of sp³-hybridized carbons (Fsp3) is 0.545. The van der Waals surface area contributed by atoms with Gasteiger partial charge in [-0.1, -0.05) is 13.8 Å². The lowest BCUT2D eigenvalue weighted by atomic mass is 10.2. The number of hydrogen-bond donors (Lipinski definition) is 1. The molecule has 0 amide bonds. The Morgan fingerprint density at radius 3 is 2.81 bits per heavy atom. The summed E-state index contributed by atoms with van der Waals surface area (Å²) in [6.07, 6.45) is 1.58. The molecular weight excluding hydrogens is 202 g/mol. The third-order valence-corrected chi connectivity index (χ3v) is 2.47. The minimum Gasteiger partial charge on any atom is -0.369 e. The van der Waals surface area contributed by atoms with Gasteiger partial charge in [-0.25, -0.2) is 9.97 Å². The van der Waals surface area contributed by atoms with Gasteiger partial charge in [0.1, 0.15) is 12.1 Å². The number of rotatable bonds is 3. The van der Waals surface area contributed by atoms with E-state index in [-0.39, 0.29) is 0 Å². The van der Waals surface area contributed by atoms with Crippen molar-refractivity contribution in [1.82, 2.24) is 19.7 Å². The van der Waals surface area contributed by atoms with Crippen molar-refractivity contribution >= 4 is 16.9 Å². The molecule has 0 fully saturated rings. The highest BCUT2D eigenvalue weighted by Gasteiger charge is 2.11. The molecule has 0 saturated carbocycles. The third-order valence-electron chi connectivity index (χ3n) is 2.47. The van der Waals surface area contributed by atoms with Gasteiger partial charge in [-0.15, -0.1) is 0 Å². The first-order valence-electron chi connectivity index (χ1n) is 5.47. The quantitative estimate of drug-likeness (QED) is 0.854. The molecule has 0 aliphatic heterocycles. The molecule has 0 bridgehead atoms. The van der Waals surface area contributed by atoms with E-state index in [1.807, 2.05) is 14.0 Å². The van der Waals surface area contributed by atoms with Crippen LogP contribution >= 0.6 is 0 Å². The van der Waals surface area contributed by atoms with Crippen molar-refractivity contribution in [2.24, 2.45) is 13.0 Å². The molecule has 2 aromatic rings. The number of aromatic nitrogens is 4. The summed E-state index contributed by atoms with van der Waals surface area (Å²) in [4.78, 5) is 8.52. The first-order valence-corrected chi connectivity index (χ1v) is 5.47. The van der Waals surface area contributed by atoms with Crippen molar-refractivity contribution in [2.75, 3.05) is 11.9 Å². The summed E-state index contributed by atoms with van der Waals surface area (Å²) in [5, 5.41) is 8.71. The Morgan fingerprint density at radius 1 is 1.38 bits per heavy atom. The third kappa shape index (κ3) is 1.85. The fourth-order valence-electron chi connectivity index (χ4n) is 1.71. The van der Waals surface area contributed by atoms with Crippen LogP contribution in [0.5, 0.6) is 0 Å². The molecule has 2 aromatic heterocycles. The van der Waals surface area contributed by atoms with Crippen molar-refractivity contribution < 1.29 is 0 Å². The van der Waals surface area contributed by atoms with E-state index in [1.165, 1.54) is 0 Å². The molecule has 5 heteroatoms. The van der Waals surface area contributed by atoms with Gasteiger partial charge in [-0.05, 0) is 12.8 Å². The number of aryl methyl sites for hydroxylation is 2. The molecule has 86 valence electrons. The molecule has 0 spiro atoms. The Kier molecular flexibility index (Phi) is 2.77. The molecule has 1 N–H and O–H groups in total. The Hall–Kier alpha value is -1.65. The van der Waals surface area contributed by atoms with Crippen molar-refractivity contribution in [3.8, 4) is 0 Å². The van der Waals surface area contributed by atoms with Gasteiger partial charge in [0.05, 0.1) is 11.1 Å². The maximum absolute atomic E-state index is 4.35.